The molecule has 3 fully saturated rings. The van der Waals surface area contributed by atoms with E-state index in [1.165, 1.54) is 0 Å². The fourth-order valence-electron chi connectivity index (χ4n) is 4.16. The first kappa shape index (κ1) is 16.1. The third-order valence-electron chi connectivity index (χ3n) is 5.02. The van der Waals surface area contributed by atoms with Crippen LogP contribution in [0.3, 0.4) is 0 Å². The minimum atomic E-state index is -5.67. The number of hydrogen-bond acceptors (Lipinski definition) is 6. The summed E-state index contributed by atoms with van der Waals surface area (Å²) in [6.07, 6.45) is 0.862. The smallest absolute Gasteiger partial charge is 0.402 e. The highest BCUT2D eigenvalue weighted by Crippen LogP contribution is 2.59. The number of esters is 1. The van der Waals surface area contributed by atoms with Gasteiger partial charge in [0.05, 0.1) is 16.9 Å². The molecule has 3 rings (SSSR count). The maximum Gasteiger partial charge on any atom is 0.402 e. The molecule has 0 aromatic heterocycles. The van der Waals surface area contributed by atoms with Gasteiger partial charge in [0.15, 0.2) is 16.4 Å². The first-order chi connectivity index (χ1) is 9.94. The number of fused-ring (bicyclic) bond motifs is 1. The molecular weight excluding hydrogens is 346 g/mol. The lowest BCUT2D eigenvalue weighted by atomic mass is 9.80. The Labute approximate surface area is 125 Å². The Bertz CT molecular complexity index is 715. The van der Waals surface area contributed by atoms with Crippen LogP contribution in [-0.2, 0) is 29.5 Å². The molecule has 0 aromatic carbocycles. The Morgan fingerprint density at radius 3 is 2.50 bits per heavy atom. The van der Waals surface area contributed by atoms with Crippen molar-refractivity contribution in [2.45, 2.75) is 23.3 Å². The SMILES string of the molecule is O=C(OCC(F)(F)S(=O)(=O)O)C1C2CC3C1CS(=O)(=O)C3C2. The van der Waals surface area contributed by atoms with Crippen molar-refractivity contribution in [1.29, 1.82) is 0 Å². The van der Waals surface area contributed by atoms with Crippen LogP contribution in [0.2, 0.25) is 0 Å². The van der Waals surface area contributed by atoms with E-state index in [-0.39, 0.29) is 17.6 Å². The Hall–Kier alpha value is -0.810. The second-order valence-electron chi connectivity index (χ2n) is 6.17. The van der Waals surface area contributed by atoms with Gasteiger partial charge in [-0.25, -0.2) is 8.42 Å². The lowest BCUT2D eigenvalue weighted by Gasteiger charge is -2.25. The lowest BCUT2D eigenvalue weighted by molar-refractivity contribution is -0.157. The molecule has 126 valence electrons. The van der Waals surface area contributed by atoms with Crippen LogP contribution in [-0.4, -0.2) is 50.2 Å². The standard InChI is InChI=1S/C11H14F2O7S2/c12-11(13,22(17,18)19)4-20-10(14)9-5-1-6-7(9)3-21(15,16)8(6)2-5/h5-9H,1-4H2,(H,17,18,19). The second kappa shape index (κ2) is 4.60. The van der Waals surface area contributed by atoms with Gasteiger partial charge < -0.3 is 4.74 Å². The molecule has 5 unspecified atom stereocenters. The fraction of sp³-hybridized carbons (Fsp3) is 0.909. The number of carbonyl (C=O) groups excluding carboxylic acids is 1. The second-order valence-corrected chi connectivity index (χ2v) is 9.99. The van der Waals surface area contributed by atoms with Crippen molar-refractivity contribution in [3.8, 4) is 0 Å². The molecule has 1 N–H and O–H groups in total. The molecule has 1 aliphatic heterocycles. The maximum absolute atomic E-state index is 13.1. The van der Waals surface area contributed by atoms with E-state index in [1.807, 2.05) is 0 Å². The molecule has 22 heavy (non-hydrogen) atoms. The number of ether oxygens (including phenoxy) is 1. The minimum absolute atomic E-state index is 0.144. The third-order valence-corrected chi connectivity index (χ3v) is 8.21. The van der Waals surface area contributed by atoms with Gasteiger partial charge in [-0.3, -0.25) is 9.35 Å². The largest absolute Gasteiger partial charge is 0.458 e. The van der Waals surface area contributed by atoms with Gasteiger partial charge in [0.2, 0.25) is 0 Å². The summed E-state index contributed by atoms with van der Waals surface area (Å²) in [5, 5.41) is -5.03. The van der Waals surface area contributed by atoms with Crippen LogP contribution in [0, 0.1) is 23.7 Å². The predicted octanol–water partition coefficient (Wildman–Crippen LogP) is 0.0794. The van der Waals surface area contributed by atoms with Gasteiger partial charge in [0, 0.05) is 0 Å². The van der Waals surface area contributed by atoms with Crippen molar-refractivity contribution < 1.29 is 39.7 Å². The molecule has 0 amide bonds. The van der Waals surface area contributed by atoms with E-state index in [0.29, 0.717) is 12.8 Å². The topological polar surface area (TPSA) is 115 Å². The maximum atomic E-state index is 13.1. The summed E-state index contributed by atoms with van der Waals surface area (Å²) in [6.45, 7) is -1.78. The first-order valence-corrected chi connectivity index (χ1v) is 9.82. The van der Waals surface area contributed by atoms with Crippen LogP contribution in [0.5, 0.6) is 0 Å². The van der Waals surface area contributed by atoms with Crippen molar-refractivity contribution in [3.63, 3.8) is 0 Å². The molecule has 3 aliphatic rings. The molecule has 1 heterocycles. The molecule has 11 heteroatoms. The van der Waals surface area contributed by atoms with Crippen molar-refractivity contribution in [3.05, 3.63) is 0 Å². The Morgan fingerprint density at radius 2 is 1.91 bits per heavy atom. The zero-order valence-electron chi connectivity index (χ0n) is 11.2. The van der Waals surface area contributed by atoms with Gasteiger partial charge >= 0.3 is 21.3 Å². The highest BCUT2D eigenvalue weighted by molar-refractivity contribution is 7.92. The van der Waals surface area contributed by atoms with Crippen molar-refractivity contribution in [1.82, 2.24) is 0 Å². The summed E-state index contributed by atoms with van der Waals surface area (Å²) < 4.78 is 83.6. The molecule has 2 saturated carbocycles. The predicted molar refractivity (Wildman–Crippen MR) is 68.2 cm³/mol. The van der Waals surface area contributed by atoms with Crippen LogP contribution in [0.4, 0.5) is 8.78 Å². The van der Waals surface area contributed by atoms with Crippen LogP contribution in [0.1, 0.15) is 12.8 Å². The van der Waals surface area contributed by atoms with Gasteiger partial charge in [-0.1, -0.05) is 0 Å². The van der Waals surface area contributed by atoms with Crippen LogP contribution >= 0.6 is 0 Å². The average Bonchev–Trinajstić information content (AvgIpc) is 2.95. The molecule has 5 atom stereocenters. The minimum Gasteiger partial charge on any atom is -0.458 e. The number of carbonyl (C=O) groups is 1. The van der Waals surface area contributed by atoms with Crippen molar-refractivity contribution in [2.75, 3.05) is 12.4 Å². The number of rotatable bonds is 4. The third kappa shape index (κ3) is 2.24. The van der Waals surface area contributed by atoms with Crippen LogP contribution in [0.25, 0.3) is 0 Å². The zero-order valence-corrected chi connectivity index (χ0v) is 12.8. The zero-order chi connectivity index (χ0) is 16.5. The van der Waals surface area contributed by atoms with Gasteiger partial charge in [-0.05, 0) is 30.6 Å². The number of alkyl halides is 2. The van der Waals surface area contributed by atoms with Gasteiger partial charge in [0.1, 0.15) is 0 Å². The Kier molecular flexibility index (Phi) is 3.36. The molecule has 2 aliphatic carbocycles. The Balaban J connectivity index is 1.71. The van der Waals surface area contributed by atoms with Crippen molar-refractivity contribution in [2.24, 2.45) is 23.7 Å². The van der Waals surface area contributed by atoms with E-state index >= 15 is 0 Å². The molecule has 1 saturated heterocycles. The summed E-state index contributed by atoms with van der Waals surface area (Å²) in [5.41, 5.74) is 0. The molecule has 0 radical (unpaired) electrons. The van der Waals surface area contributed by atoms with Crippen LogP contribution in [0.15, 0.2) is 0 Å². The van der Waals surface area contributed by atoms with E-state index in [4.69, 9.17) is 4.55 Å². The van der Waals surface area contributed by atoms with E-state index in [2.05, 4.69) is 4.74 Å². The molecular formula is C11H14F2O7S2. The summed E-state index contributed by atoms with van der Waals surface area (Å²) >= 11 is 0. The number of halogens is 2. The van der Waals surface area contributed by atoms with Gasteiger partial charge in [-0.15, -0.1) is 0 Å². The monoisotopic (exact) mass is 360 g/mol. The lowest BCUT2D eigenvalue weighted by Crippen LogP contribution is -2.38. The number of sulfone groups is 1. The summed E-state index contributed by atoms with van der Waals surface area (Å²) in [5.74, 6) is -2.79. The highest BCUT2D eigenvalue weighted by atomic mass is 32.2. The molecule has 0 spiro atoms. The average molecular weight is 360 g/mol. The molecule has 2 bridgehead atoms. The number of hydrogen-bond donors (Lipinski definition) is 1. The normalized spacial score (nSPS) is 39.1. The van der Waals surface area contributed by atoms with Crippen molar-refractivity contribution >= 4 is 25.9 Å². The summed E-state index contributed by atoms with van der Waals surface area (Å²) in [4.78, 5) is 12.0. The van der Waals surface area contributed by atoms with E-state index < -0.39 is 54.9 Å². The first-order valence-electron chi connectivity index (χ1n) is 6.67. The van der Waals surface area contributed by atoms with E-state index in [1.54, 1.807) is 0 Å². The Morgan fingerprint density at radius 1 is 1.27 bits per heavy atom. The van der Waals surface area contributed by atoms with Crippen LogP contribution < -0.4 is 0 Å². The van der Waals surface area contributed by atoms with E-state index in [0.717, 1.165) is 0 Å². The summed E-state index contributed by atoms with van der Waals surface area (Å²) in [7, 11) is -8.92. The molecule has 7 nitrogen and oxygen atoms in total. The fourth-order valence-corrected chi connectivity index (χ4v) is 6.99. The van der Waals surface area contributed by atoms with E-state index in [9.17, 15) is 30.4 Å². The van der Waals surface area contributed by atoms with Gasteiger partial charge in [0.25, 0.3) is 0 Å². The van der Waals surface area contributed by atoms with Gasteiger partial charge in [-0.2, -0.15) is 17.2 Å². The quantitative estimate of drug-likeness (QED) is 0.558. The molecule has 0 aromatic rings. The summed E-state index contributed by atoms with van der Waals surface area (Å²) in [6, 6.07) is 0. The highest BCUT2D eigenvalue weighted by Gasteiger charge is 2.64.